The summed E-state index contributed by atoms with van der Waals surface area (Å²) in [6, 6.07) is 39.0. The van der Waals surface area contributed by atoms with Crippen LogP contribution in [-0.2, 0) is 17.9 Å². The fraction of sp³-hybridized carbons (Fsp3) is 0.238. The molecule has 5 aromatic rings. The number of rotatable bonds is 7. The van der Waals surface area contributed by atoms with Gasteiger partial charge >= 0.3 is 307 Å². The minimum atomic E-state index is -4.19. The predicted octanol–water partition coefficient (Wildman–Crippen LogP) is 9.05. The normalized spacial score (nSPS) is 16.2. The summed E-state index contributed by atoms with van der Waals surface area (Å²) in [7, 11) is 12.3. The summed E-state index contributed by atoms with van der Waals surface area (Å²) < 4.78 is 1.27. The van der Waals surface area contributed by atoms with Gasteiger partial charge in [0.05, 0.1) is 0 Å². The van der Waals surface area contributed by atoms with Crippen LogP contribution >= 0.6 is 17.0 Å². The summed E-state index contributed by atoms with van der Waals surface area (Å²) in [5.74, 6) is 0.381. The van der Waals surface area contributed by atoms with Gasteiger partial charge in [-0.25, -0.2) is 0 Å². The van der Waals surface area contributed by atoms with E-state index in [2.05, 4.69) is 162 Å². The molecule has 0 radical (unpaired) electrons. The summed E-state index contributed by atoms with van der Waals surface area (Å²) in [5.41, 5.74) is 12.1. The Labute approximate surface area is 304 Å². The number of hydrogen-bond acceptors (Lipinski definition) is 0. The van der Waals surface area contributed by atoms with Crippen LogP contribution in [0.1, 0.15) is 45.6 Å². The number of fused-ring (bicyclic) bond motifs is 4. The Balaban J connectivity index is 1.50. The summed E-state index contributed by atoms with van der Waals surface area (Å²) in [5, 5.41) is 6.06. The van der Waals surface area contributed by atoms with Crippen molar-refractivity contribution in [3.63, 3.8) is 0 Å². The van der Waals surface area contributed by atoms with Crippen molar-refractivity contribution in [2.45, 2.75) is 62.7 Å². The maximum atomic E-state index is 8.11. The second kappa shape index (κ2) is 12.6. The maximum absolute atomic E-state index is 8.11. The van der Waals surface area contributed by atoms with Crippen molar-refractivity contribution in [2.75, 3.05) is 0 Å². The molecule has 0 N–H and O–H groups in total. The van der Waals surface area contributed by atoms with Crippen LogP contribution in [0.5, 0.6) is 0 Å². The SMILES string of the molecule is CC(C)c1ccc2c(c1-c1cc([Si](C)(C)C)cc([Si](C)(C)C)c1)C=C(c1ccccc1)[CH]2[Zr]([Cl])([Cl])[c]1cccc2c1[SiH2]c1ccccc1-2. The first-order valence-corrected chi connectivity index (χ1v) is 34.7. The van der Waals surface area contributed by atoms with Gasteiger partial charge in [-0.05, 0) is 0 Å². The summed E-state index contributed by atoms with van der Waals surface area (Å²) in [6.07, 6.45) is 2.48. The number of halogens is 2. The van der Waals surface area contributed by atoms with Crippen LogP contribution in [0.4, 0.5) is 0 Å². The first kappa shape index (κ1) is 34.4. The molecule has 0 bridgehead atoms. The molecule has 6 heteroatoms. The third kappa shape index (κ3) is 6.03. The van der Waals surface area contributed by atoms with Crippen LogP contribution in [0.2, 0.25) is 39.3 Å². The van der Waals surface area contributed by atoms with Gasteiger partial charge in [0.2, 0.25) is 0 Å². The molecule has 5 aromatic carbocycles. The Kier molecular flexibility index (Phi) is 9.05. The molecule has 0 nitrogen and oxygen atoms in total. The molecule has 0 aromatic heterocycles. The number of benzene rings is 5. The Hall–Kier alpha value is -2.05. The van der Waals surface area contributed by atoms with Crippen molar-refractivity contribution in [1.29, 1.82) is 0 Å². The average molecular weight is 797 g/mol. The molecule has 48 heavy (non-hydrogen) atoms. The van der Waals surface area contributed by atoms with Gasteiger partial charge in [0.15, 0.2) is 0 Å². The van der Waals surface area contributed by atoms with Gasteiger partial charge in [0.1, 0.15) is 0 Å². The van der Waals surface area contributed by atoms with Crippen LogP contribution in [-0.4, -0.2) is 25.7 Å². The van der Waals surface area contributed by atoms with E-state index >= 15 is 0 Å². The molecule has 1 atom stereocenters. The van der Waals surface area contributed by atoms with E-state index in [1.165, 1.54) is 63.7 Å². The summed E-state index contributed by atoms with van der Waals surface area (Å²) >= 11 is -4.19. The monoisotopic (exact) mass is 794 g/mol. The van der Waals surface area contributed by atoms with E-state index in [0.717, 1.165) is 0 Å². The standard InChI is InChI=1S/C30H37Si2.C12H9Si.2ClH.Zr/c1-21(2)28-15-14-23-16-24(22-12-10-9-11-13-22)19-29(23)30(28)25-17-26(31(3,4)5)20-27(18-25)32(6,7)8;1-3-7-11-9(5-1)10-6-2-4-8-12(10)13-11;;;/h9-21H,1-8H3;1-7H,13H2;2*1H;/q;;;;+2/p-2. The summed E-state index contributed by atoms with van der Waals surface area (Å²) in [4.78, 5) is 0. The molecule has 2 aliphatic rings. The van der Waals surface area contributed by atoms with Crippen molar-refractivity contribution in [3.8, 4) is 22.3 Å². The number of hydrogen-bond donors (Lipinski definition) is 0. The van der Waals surface area contributed by atoms with E-state index < -0.39 is 43.5 Å². The molecular formula is C42H46Cl2Si3Zr. The van der Waals surface area contributed by atoms with Crippen molar-refractivity contribution < 1.29 is 17.9 Å². The Morgan fingerprint density at radius 1 is 0.667 bits per heavy atom. The van der Waals surface area contributed by atoms with Gasteiger partial charge in [-0.2, -0.15) is 0 Å². The molecule has 0 saturated heterocycles. The van der Waals surface area contributed by atoms with Crippen molar-refractivity contribution >= 4 is 78.4 Å². The van der Waals surface area contributed by atoms with E-state index in [4.69, 9.17) is 17.0 Å². The Morgan fingerprint density at radius 3 is 1.94 bits per heavy atom. The molecule has 1 aliphatic heterocycles. The molecule has 7 rings (SSSR count). The van der Waals surface area contributed by atoms with Crippen LogP contribution in [0.15, 0.2) is 103 Å². The first-order valence-electron chi connectivity index (χ1n) is 17.3. The number of allylic oxidation sites excluding steroid dienone is 1. The molecule has 1 heterocycles. The fourth-order valence-corrected chi connectivity index (χ4v) is 26.8. The molecular weight excluding hydrogens is 751 g/mol. The van der Waals surface area contributed by atoms with Gasteiger partial charge in [-0.3, -0.25) is 0 Å². The van der Waals surface area contributed by atoms with Gasteiger partial charge in [0, 0.05) is 0 Å². The van der Waals surface area contributed by atoms with Gasteiger partial charge in [-0.15, -0.1) is 0 Å². The van der Waals surface area contributed by atoms with E-state index in [-0.39, 0.29) is 3.63 Å². The van der Waals surface area contributed by atoms with E-state index in [1.54, 1.807) is 10.4 Å². The van der Waals surface area contributed by atoms with Crippen LogP contribution in [0.3, 0.4) is 0 Å². The van der Waals surface area contributed by atoms with Crippen molar-refractivity contribution in [2.24, 2.45) is 0 Å². The van der Waals surface area contributed by atoms with Gasteiger partial charge in [-0.1, -0.05) is 0 Å². The quantitative estimate of drug-likeness (QED) is 0.142. The van der Waals surface area contributed by atoms with Gasteiger partial charge in [0.25, 0.3) is 0 Å². The summed E-state index contributed by atoms with van der Waals surface area (Å²) in [6.45, 7) is 19.5. The molecule has 1 unspecified atom stereocenters. The zero-order chi connectivity index (χ0) is 34.2. The second-order valence-corrected chi connectivity index (χ2v) is 42.2. The van der Waals surface area contributed by atoms with E-state index in [9.17, 15) is 0 Å². The topological polar surface area (TPSA) is 0 Å². The molecule has 0 fully saturated rings. The van der Waals surface area contributed by atoms with E-state index in [0.29, 0.717) is 5.92 Å². The van der Waals surface area contributed by atoms with Crippen LogP contribution in [0.25, 0.3) is 33.9 Å². The van der Waals surface area contributed by atoms with Crippen molar-refractivity contribution in [1.82, 2.24) is 0 Å². The molecule has 0 spiro atoms. The average Bonchev–Trinajstić information content (AvgIpc) is 3.63. The third-order valence-corrected chi connectivity index (χ3v) is 28.7. The molecule has 244 valence electrons. The predicted molar refractivity (Wildman–Crippen MR) is 220 cm³/mol. The zero-order valence-electron chi connectivity index (χ0n) is 29.5. The molecule has 0 saturated carbocycles. The Bertz CT molecular complexity index is 2050. The second-order valence-electron chi connectivity index (χ2n) is 16.2. The van der Waals surface area contributed by atoms with Gasteiger partial charge < -0.3 is 0 Å². The zero-order valence-corrected chi connectivity index (χ0v) is 36.9. The third-order valence-electron chi connectivity index (χ3n) is 10.5. The van der Waals surface area contributed by atoms with Crippen molar-refractivity contribution in [3.05, 3.63) is 125 Å². The first-order chi connectivity index (χ1) is 22.7. The van der Waals surface area contributed by atoms with Crippen LogP contribution < -0.4 is 24.0 Å². The molecule has 0 amide bonds. The van der Waals surface area contributed by atoms with Crippen LogP contribution in [0, 0.1) is 0 Å². The minimum absolute atomic E-state index is 0.0131. The molecule has 1 aliphatic carbocycles. The van der Waals surface area contributed by atoms with E-state index in [1.807, 2.05) is 0 Å². The Morgan fingerprint density at radius 2 is 1.29 bits per heavy atom. The fourth-order valence-electron chi connectivity index (χ4n) is 7.80.